The fourth-order valence-corrected chi connectivity index (χ4v) is 2.83. The Balaban J connectivity index is 2.00. The molecular weight excluding hydrogens is 327 g/mol. The van der Waals surface area contributed by atoms with Crippen molar-refractivity contribution >= 4 is 22.6 Å². The minimum absolute atomic E-state index is 0.221. The van der Waals surface area contributed by atoms with E-state index in [1.165, 1.54) is 11.1 Å². The molecule has 1 unspecified atom stereocenters. The first-order valence-electron chi connectivity index (χ1n) is 6.15. The van der Waals surface area contributed by atoms with E-state index in [1.54, 1.807) is 0 Å². The van der Waals surface area contributed by atoms with Gasteiger partial charge in [-0.15, -0.1) is 0 Å². The highest BCUT2D eigenvalue weighted by atomic mass is 127. The Labute approximate surface area is 117 Å². The number of hydrogen-bond acceptors (Lipinski definition) is 2. The van der Waals surface area contributed by atoms with Gasteiger partial charge in [-0.3, -0.25) is 0 Å². The number of ether oxygens (including phenoxy) is 2. The molecule has 1 fully saturated rings. The van der Waals surface area contributed by atoms with Crippen molar-refractivity contribution in [2.75, 3.05) is 17.6 Å². The molecule has 0 amide bonds. The fraction of sp³-hybridized carbons (Fsp3) is 0.571. The second kappa shape index (κ2) is 6.71. The maximum Gasteiger partial charge on any atom is 0.0918 e. The van der Waals surface area contributed by atoms with Gasteiger partial charge >= 0.3 is 0 Å². The molecule has 1 atom stereocenters. The first-order chi connectivity index (χ1) is 8.29. The average Bonchev–Trinajstić information content (AvgIpc) is 2.37. The Morgan fingerprint density at radius 3 is 2.82 bits per heavy atom. The summed E-state index contributed by atoms with van der Waals surface area (Å²) >= 11 is 2.40. The van der Waals surface area contributed by atoms with Gasteiger partial charge in [-0.1, -0.05) is 52.4 Å². The van der Waals surface area contributed by atoms with Gasteiger partial charge in [0.2, 0.25) is 0 Å². The van der Waals surface area contributed by atoms with E-state index in [2.05, 4.69) is 53.8 Å². The van der Waals surface area contributed by atoms with Gasteiger partial charge in [0.05, 0.1) is 12.2 Å². The van der Waals surface area contributed by atoms with Gasteiger partial charge in [-0.25, -0.2) is 0 Å². The van der Waals surface area contributed by atoms with Gasteiger partial charge in [0.1, 0.15) is 0 Å². The van der Waals surface area contributed by atoms with Gasteiger partial charge in [0.25, 0.3) is 0 Å². The summed E-state index contributed by atoms with van der Waals surface area (Å²) in [6, 6.07) is 8.62. The van der Waals surface area contributed by atoms with Crippen molar-refractivity contribution in [2.24, 2.45) is 0 Å². The molecule has 0 spiro atoms. The Morgan fingerprint density at radius 1 is 1.41 bits per heavy atom. The molecule has 1 aliphatic rings. The summed E-state index contributed by atoms with van der Waals surface area (Å²) in [6.45, 7) is 3.81. The minimum atomic E-state index is 0.221. The van der Waals surface area contributed by atoms with Crippen LogP contribution >= 0.6 is 22.6 Å². The summed E-state index contributed by atoms with van der Waals surface area (Å²) in [5.74, 6) is 0. The molecule has 0 bridgehead atoms. The second-order valence-electron chi connectivity index (χ2n) is 4.50. The SMILES string of the molecule is Cc1cccc(C(CI)OC2CCOCC2)c1. The maximum absolute atomic E-state index is 6.19. The standard InChI is InChI=1S/C14H19IO2/c1-11-3-2-4-12(9-11)14(10-15)17-13-5-7-16-8-6-13/h2-4,9,13-14H,5-8,10H2,1H3. The Morgan fingerprint density at radius 2 is 2.18 bits per heavy atom. The van der Waals surface area contributed by atoms with E-state index < -0.39 is 0 Å². The molecule has 0 aromatic heterocycles. The van der Waals surface area contributed by atoms with Crippen LogP contribution < -0.4 is 0 Å². The predicted molar refractivity (Wildman–Crippen MR) is 77.7 cm³/mol. The van der Waals surface area contributed by atoms with E-state index in [9.17, 15) is 0 Å². The normalized spacial score (nSPS) is 19.2. The largest absolute Gasteiger partial charge is 0.381 e. The lowest BCUT2D eigenvalue weighted by Gasteiger charge is -2.27. The molecule has 1 aromatic carbocycles. The van der Waals surface area contributed by atoms with Gasteiger partial charge in [0.15, 0.2) is 0 Å². The summed E-state index contributed by atoms with van der Waals surface area (Å²) in [4.78, 5) is 0. The fourth-order valence-electron chi connectivity index (χ4n) is 2.12. The molecular formula is C14H19IO2. The third-order valence-electron chi connectivity index (χ3n) is 3.08. The number of rotatable bonds is 4. The number of hydrogen-bond donors (Lipinski definition) is 0. The lowest BCUT2D eigenvalue weighted by molar-refractivity contribution is -0.0611. The van der Waals surface area contributed by atoms with Crippen LogP contribution in [0.3, 0.4) is 0 Å². The van der Waals surface area contributed by atoms with Crippen LogP contribution in [0, 0.1) is 6.92 Å². The van der Waals surface area contributed by atoms with Crippen LogP contribution in [-0.2, 0) is 9.47 Å². The highest BCUT2D eigenvalue weighted by molar-refractivity contribution is 14.1. The van der Waals surface area contributed by atoms with Crippen LogP contribution in [0.5, 0.6) is 0 Å². The van der Waals surface area contributed by atoms with Gasteiger partial charge in [-0.2, -0.15) is 0 Å². The molecule has 1 aliphatic heterocycles. The third kappa shape index (κ3) is 3.93. The highest BCUT2D eigenvalue weighted by Gasteiger charge is 2.20. The highest BCUT2D eigenvalue weighted by Crippen LogP contribution is 2.25. The van der Waals surface area contributed by atoms with Crippen molar-refractivity contribution in [2.45, 2.75) is 32.0 Å². The zero-order valence-electron chi connectivity index (χ0n) is 10.2. The van der Waals surface area contributed by atoms with Crippen LogP contribution in [0.1, 0.15) is 30.1 Å². The van der Waals surface area contributed by atoms with Gasteiger partial charge < -0.3 is 9.47 Å². The molecule has 94 valence electrons. The summed E-state index contributed by atoms with van der Waals surface area (Å²) in [5, 5.41) is 0. The summed E-state index contributed by atoms with van der Waals surface area (Å²) in [5.41, 5.74) is 2.60. The van der Waals surface area contributed by atoms with E-state index in [0.717, 1.165) is 30.5 Å². The molecule has 3 heteroatoms. The quantitative estimate of drug-likeness (QED) is 0.612. The first kappa shape index (κ1) is 13.3. The van der Waals surface area contributed by atoms with Crippen molar-refractivity contribution in [1.29, 1.82) is 0 Å². The molecule has 2 rings (SSSR count). The smallest absolute Gasteiger partial charge is 0.0918 e. The molecule has 17 heavy (non-hydrogen) atoms. The van der Waals surface area contributed by atoms with E-state index in [-0.39, 0.29) is 6.10 Å². The Kier molecular flexibility index (Phi) is 5.25. The van der Waals surface area contributed by atoms with Crippen LogP contribution in [0.4, 0.5) is 0 Å². The van der Waals surface area contributed by atoms with Crippen molar-refractivity contribution < 1.29 is 9.47 Å². The molecule has 1 heterocycles. The molecule has 0 aliphatic carbocycles. The van der Waals surface area contributed by atoms with Crippen molar-refractivity contribution in [1.82, 2.24) is 0 Å². The monoisotopic (exact) mass is 346 g/mol. The summed E-state index contributed by atoms with van der Waals surface area (Å²) in [6.07, 6.45) is 2.64. The van der Waals surface area contributed by atoms with Crippen LogP contribution in [0.15, 0.2) is 24.3 Å². The topological polar surface area (TPSA) is 18.5 Å². The molecule has 2 nitrogen and oxygen atoms in total. The summed E-state index contributed by atoms with van der Waals surface area (Å²) < 4.78 is 12.6. The second-order valence-corrected chi connectivity index (χ2v) is 5.39. The van der Waals surface area contributed by atoms with E-state index >= 15 is 0 Å². The van der Waals surface area contributed by atoms with Gasteiger partial charge in [0, 0.05) is 17.6 Å². The zero-order valence-corrected chi connectivity index (χ0v) is 12.4. The van der Waals surface area contributed by atoms with Crippen LogP contribution in [0.2, 0.25) is 0 Å². The van der Waals surface area contributed by atoms with Crippen molar-refractivity contribution in [3.8, 4) is 0 Å². The molecule has 0 N–H and O–H groups in total. The molecule has 0 saturated carbocycles. The van der Waals surface area contributed by atoms with E-state index in [4.69, 9.17) is 9.47 Å². The van der Waals surface area contributed by atoms with Crippen LogP contribution in [-0.4, -0.2) is 23.7 Å². The number of halogens is 1. The molecule has 1 aromatic rings. The third-order valence-corrected chi connectivity index (χ3v) is 3.88. The minimum Gasteiger partial charge on any atom is -0.381 e. The predicted octanol–water partition coefficient (Wildman–Crippen LogP) is 3.67. The molecule has 1 saturated heterocycles. The van der Waals surface area contributed by atoms with Crippen molar-refractivity contribution in [3.63, 3.8) is 0 Å². The van der Waals surface area contributed by atoms with E-state index in [1.807, 2.05) is 0 Å². The van der Waals surface area contributed by atoms with Gasteiger partial charge in [-0.05, 0) is 25.3 Å². The average molecular weight is 346 g/mol. The lowest BCUT2D eigenvalue weighted by Crippen LogP contribution is -2.25. The number of alkyl halides is 1. The Hall–Kier alpha value is -0.130. The Bertz CT molecular complexity index is 348. The zero-order chi connectivity index (χ0) is 12.1. The molecule has 0 radical (unpaired) electrons. The number of aryl methyl sites for hydroxylation is 1. The first-order valence-corrected chi connectivity index (χ1v) is 7.68. The maximum atomic E-state index is 6.19. The summed E-state index contributed by atoms with van der Waals surface area (Å²) in [7, 11) is 0. The lowest BCUT2D eigenvalue weighted by atomic mass is 10.1. The van der Waals surface area contributed by atoms with Crippen molar-refractivity contribution in [3.05, 3.63) is 35.4 Å². The van der Waals surface area contributed by atoms with E-state index in [0.29, 0.717) is 6.10 Å². The number of benzene rings is 1. The van der Waals surface area contributed by atoms with Crippen LogP contribution in [0.25, 0.3) is 0 Å².